The molecule has 0 spiro atoms. The summed E-state index contributed by atoms with van der Waals surface area (Å²) in [5.41, 5.74) is 2.67. The molecule has 1 fully saturated rings. The molecule has 3 rings (SSSR count). The van der Waals surface area contributed by atoms with Gasteiger partial charge in [-0.25, -0.2) is 0 Å². The van der Waals surface area contributed by atoms with Crippen molar-refractivity contribution in [1.82, 2.24) is 15.5 Å². The van der Waals surface area contributed by atoms with E-state index in [9.17, 15) is 0 Å². The van der Waals surface area contributed by atoms with Gasteiger partial charge in [-0.3, -0.25) is 9.89 Å². The van der Waals surface area contributed by atoms with Gasteiger partial charge in [-0.15, -0.1) is 0 Å². The number of para-hydroxylation sites is 1. The highest BCUT2D eigenvalue weighted by Gasteiger charge is 2.20. The number of benzene rings is 2. The van der Waals surface area contributed by atoms with Gasteiger partial charge in [-0.2, -0.15) is 0 Å². The van der Waals surface area contributed by atoms with Gasteiger partial charge in [0.1, 0.15) is 0 Å². The Kier molecular flexibility index (Phi) is 7.94. The molecule has 5 nitrogen and oxygen atoms in total. The zero-order valence-electron chi connectivity index (χ0n) is 18.0. The second-order valence-corrected chi connectivity index (χ2v) is 7.94. The number of nitrogens with zero attached hydrogens (tertiary/aromatic N) is 3. The van der Waals surface area contributed by atoms with Crippen molar-refractivity contribution >= 4 is 11.6 Å². The third-order valence-electron chi connectivity index (χ3n) is 5.77. The summed E-state index contributed by atoms with van der Waals surface area (Å²) in [7, 11) is 4.03. The van der Waals surface area contributed by atoms with Crippen molar-refractivity contribution in [3.8, 4) is 0 Å². The molecule has 1 saturated heterocycles. The highest BCUT2D eigenvalue weighted by Crippen LogP contribution is 2.19. The van der Waals surface area contributed by atoms with Crippen molar-refractivity contribution in [3.63, 3.8) is 0 Å². The average Bonchev–Trinajstić information content (AvgIpc) is 2.78. The molecule has 5 heteroatoms. The average molecular weight is 394 g/mol. The third-order valence-corrected chi connectivity index (χ3v) is 5.77. The molecule has 0 radical (unpaired) electrons. The van der Waals surface area contributed by atoms with E-state index in [-0.39, 0.29) is 0 Å². The van der Waals surface area contributed by atoms with E-state index in [1.54, 1.807) is 0 Å². The van der Waals surface area contributed by atoms with Crippen LogP contribution >= 0.6 is 0 Å². The predicted molar refractivity (Wildman–Crippen MR) is 124 cm³/mol. The van der Waals surface area contributed by atoms with Crippen LogP contribution in [0.15, 0.2) is 65.7 Å². The van der Waals surface area contributed by atoms with E-state index in [2.05, 4.69) is 100 Å². The fourth-order valence-electron chi connectivity index (χ4n) is 3.74. The van der Waals surface area contributed by atoms with E-state index in [1.807, 2.05) is 7.05 Å². The quantitative estimate of drug-likeness (QED) is 0.559. The van der Waals surface area contributed by atoms with Crippen LogP contribution in [-0.2, 0) is 6.54 Å². The highest BCUT2D eigenvalue weighted by atomic mass is 15.2. The topological polar surface area (TPSA) is 42.9 Å². The Morgan fingerprint density at radius 3 is 2.31 bits per heavy atom. The molecule has 29 heavy (non-hydrogen) atoms. The Balaban J connectivity index is 1.40. The molecule has 0 saturated carbocycles. The molecule has 1 heterocycles. The van der Waals surface area contributed by atoms with Gasteiger partial charge in [0, 0.05) is 51.0 Å². The largest absolute Gasteiger partial charge is 0.371 e. The van der Waals surface area contributed by atoms with Crippen LogP contribution < -0.4 is 15.5 Å². The highest BCUT2D eigenvalue weighted by molar-refractivity contribution is 5.80. The molecule has 0 amide bonds. The molecule has 2 aromatic rings. The maximum Gasteiger partial charge on any atom is 0.191 e. The van der Waals surface area contributed by atoms with E-state index in [4.69, 9.17) is 0 Å². The first kappa shape index (κ1) is 21.2. The summed E-state index contributed by atoms with van der Waals surface area (Å²) in [5.74, 6) is 0.906. The van der Waals surface area contributed by atoms with Crippen molar-refractivity contribution in [2.75, 3.05) is 38.6 Å². The van der Waals surface area contributed by atoms with Crippen LogP contribution in [0.2, 0.25) is 0 Å². The Morgan fingerprint density at radius 1 is 1.07 bits per heavy atom. The number of hydrogen-bond acceptors (Lipinski definition) is 3. The Hall–Kier alpha value is -2.53. The summed E-state index contributed by atoms with van der Waals surface area (Å²) in [4.78, 5) is 9.27. The molecule has 2 aromatic carbocycles. The summed E-state index contributed by atoms with van der Waals surface area (Å²) >= 11 is 0. The number of anilines is 1. The first-order valence-electron chi connectivity index (χ1n) is 10.7. The minimum Gasteiger partial charge on any atom is -0.371 e. The molecule has 0 bridgehead atoms. The predicted octanol–water partition coefficient (Wildman–Crippen LogP) is 3.34. The summed E-state index contributed by atoms with van der Waals surface area (Å²) < 4.78 is 0. The van der Waals surface area contributed by atoms with E-state index >= 15 is 0 Å². The molecule has 1 atom stereocenters. The SMILES string of the molecule is CN=C(NCC(C)N(C)Cc1ccccc1)NC1CCN(c2ccccc2)CC1. The zero-order valence-corrected chi connectivity index (χ0v) is 18.0. The lowest BCUT2D eigenvalue weighted by Crippen LogP contribution is -2.50. The molecule has 1 aliphatic rings. The lowest BCUT2D eigenvalue weighted by molar-refractivity contribution is 0.249. The number of aliphatic imine (C=N–C) groups is 1. The van der Waals surface area contributed by atoms with Gasteiger partial charge in [-0.05, 0) is 44.5 Å². The molecule has 1 aliphatic heterocycles. The fourth-order valence-corrected chi connectivity index (χ4v) is 3.74. The van der Waals surface area contributed by atoms with E-state index < -0.39 is 0 Å². The van der Waals surface area contributed by atoms with Crippen LogP contribution in [0.5, 0.6) is 0 Å². The number of nitrogens with one attached hydrogen (secondary N) is 2. The number of hydrogen-bond donors (Lipinski definition) is 2. The molecule has 2 N–H and O–H groups in total. The standard InChI is InChI=1S/C24H35N5/c1-20(28(3)19-21-10-6-4-7-11-21)18-26-24(25-2)27-22-14-16-29(17-15-22)23-12-8-5-9-13-23/h4-13,20,22H,14-19H2,1-3H3,(H2,25,26,27). The normalized spacial score (nSPS) is 16.7. The molecular weight excluding hydrogens is 358 g/mol. The molecule has 156 valence electrons. The van der Waals surface area contributed by atoms with Gasteiger partial charge in [0.25, 0.3) is 0 Å². The van der Waals surface area contributed by atoms with Gasteiger partial charge in [-0.1, -0.05) is 48.5 Å². The fraction of sp³-hybridized carbons (Fsp3) is 0.458. The van der Waals surface area contributed by atoms with E-state index in [1.165, 1.54) is 11.3 Å². The third kappa shape index (κ3) is 6.50. The van der Waals surface area contributed by atoms with Crippen molar-refractivity contribution in [2.24, 2.45) is 4.99 Å². The Morgan fingerprint density at radius 2 is 1.69 bits per heavy atom. The summed E-state index contributed by atoms with van der Waals surface area (Å²) in [5, 5.41) is 7.13. The maximum atomic E-state index is 4.44. The molecular formula is C24H35N5. The van der Waals surface area contributed by atoms with Gasteiger partial charge in [0.2, 0.25) is 0 Å². The summed E-state index contributed by atoms with van der Waals surface area (Å²) in [6, 6.07) is 22.2. The van der Waals surface area contributed by atoms with Gasteiger partial charge >= 0.3 is 0 Å². The van der Waals surface area contributed by atoms with Crippen LogP contribution in [0.25, 0.3) is 0 Å². The minimum atomic E-state index is 0.411. The Bertz CT molecular complexity index is 738. The monoisotopic (exact) mass is 393 g/mol. The second-order valence-electron chi connectivity index (χ2n) is 7.94. The van der Waals surface area contributed by atoms with Crippen LogP contribution in [0, 0.1) is 0 Å². The molecule has 0 aliphatic carbocycles. The molecule has 1 unspecified atom stereocenters. The van der Waals surface area contributed by atoms with Crippen molar-refractivity contribution < 1.29 is 0 Å². The summed E-state index contributed by atoms with van der Waals surface area (Å²) in [6.07, 6.45) is 2.25. The molecule has 0 aromatic heterocycles. The first-order chi connectivity index (χ1) is 14.2. The van der Waals surface area contributed by atoms with Crippen molar-refractivity contribution in [2.45, 2.75) is 38.4 Å². The lowest BCUT2D eigenvalue weighted by Gasteiger charge is -2.35. The van der Waals surface area contributed by atoms with E-state index in [0.717, 1.165) is 45.0 Å². The second kappa shape index (κ2) is 10.9. The van der Waals surface area contributed by atoms with Crippen molar-refractivity contribution in [3.05, 3.63) is 66.2 Å². The lowest BCUT2D eigenvalue weighted by atomic mass is 10.0. The number of piperidine rings is 1. The first-order valence-corrected chi connectivity index (χ1v) is 10.7. The minimum absolute atomic E-state index is 0.411. The van der Waals surface area contributed by atoms with Gasteiger partial charge in [0.15, 0.2) is 5.96 Å². The van der Waals surface area contributed by atoms with Crippen LogP contribution in [-0.4, -0.2) is 56.7 Å². The summed E-state index contributed by atoms with van der Waals surface area (Å²) in [6.45, 7) is 6.23. The van der Waals surface area contributed by atoms with Gasteiger partial charge < -0.3 is 15.5 Å². The number of likely N-dealkylation sites (N-methyl/N-ethyl adjacent to an activating group) is 1. The van der Waals surface area contributed by atoms with E-state index in [0.29, 0.717) is 12.1 Å². The Labute approximate surface area is 175 Å². The zero-order chi connectivity index (χ0) is 20.5. The van der Waals surface area contributed by atoms with Crippen molar-refractivity contribution in [1.29, 1.82) is 0 Å². The number of guanidine groups is 1. The number of rotatable bonds is 7. The van der Waals surface area contributed by atoms with Crippen LogP contribution in [0.4, 0.5) is 5.69 Å². The van der Waals surface area contributed by atoms with Crippen LogP contribution in [0.1, 0.15) is 25.3 Å². The smallest absolute Gasteiger partial charge is 0.191 e. The van der Waals surface area contributed by atoms with Crippen LogP contribution in [0.3, 0.4) is 0 Å². The van der Waals surface area contributed by atoms with Gasteiger partial charge in [0.05, 0.1) is 0 Å². The maximum absolute atomic E-state index is 4.44.